The van der Waals surface area contributed by atoms with Crippen molar-refractivity contribution in [3.05, 3.63) is 46.8 Å². The molecule has 16 heavy (non-hydrogen) atoms. The molecule has 1 unspecified atom stereocenters. The Kier molecular flexibility index (Phi) is 2.54. The van der Waals surface area contributed by atoms with E-state index >= 15 is 0 Å². The SMILES string of the molecule is CC1Cc2c(cccc2-c2cccs2)CN1. The molecular formula is C14H15NS. The fourth-order valence-corrected chi connectivity index (χ4v) is 3.15. The number of rotatable bonds is 1. The van der Waals surface area contributed by atoms with Gasteiger partial charge in [0.25, 0.3) is 0 Å². The molecule has 1 aromatic carbocycles. The van der Waals surface area contributed by atoms with E-state index in [0.717, 1.165) is 13.0 Å². The van der Waals surface area contributed by atoms with E-state index in [9.17, 15) is 0 Å². The maximum Gasteiger partial charge on any atom is 0.0345 e. The predicted molar refractivity (Wildman–Crippen MR) is 69.8 cm³/mol. The van der Waals surface area contributed by atoms with Crippen molar-refractivity contribution >= 4 is 11.3 Å². The third kappa shape index (κ3) is 1.68. The Labute approximate surface area is 100 Å². The van der Waals surface area contributed by atoms with Gasteiger partial charge in [0.2, 0.25) is 0 Å². The number of hydrogen-bond donors (Lipinski definition) is 1. The summed E-state index contributed by atoms with van der Waals surface area (Å²) >= 11 is 1.83. The summed E-state index contributed by atoms with van der Waals surface area (Å²) in [6.45, 7) is 3.27. The van der Waals surface area contributed by atoms with Gasteiger partial charge in [0.05, 0.1) is 0 Å². The minimum absolute atomic E-state index is 0.591. The van der Waals surface area contributed by atoms with Crippen LogP contribution in [-0.4, -0.2) is 6.04 Å². The molecule has 1 nitrogen and oxygen atoms in total. The van der Waals surface area contributed by atoms with E-state index < -0.39 is 0 Å². The van der Waals surface area contributed by atoms with Crippen molar-refractivity contribution in [1.29, 1.82) is 0 Å². The average Bonchev–Trinajstić information content (AvgIpc) is 2.81. The molecule has 1 aliphatic rings. The Hall–Kier alpha value is -1.12. The second-order valence-corrected chi connectivity index (χ2v) is 5.35. The van der Waals surface area contributed by atoms with Crippen LogP contribution in [-0.2, 0) is 13.0 Å². The second kappa shape index (κ2) is 4.04. The zero-order chi connectivity index (χ0) is 11.0. The van der Waals surface area contributed by atoms with Crippen LogP contribution in [0.4, 0.5) is 0 Å². The van der Waals surface area contributed by atoms with Crippen molar-refractivity contribution in [2.75, 3.05) is 0 Å². The van der Waals surface area contributed by atoms with Gasteiger partial charge in [-0.1, -0.05) is 24.3 Å². The molecule has 2 aromatic rings. The Bertz CT molecular complexity index is 487. The third-order valence-electron chi connectivity index (χ3n) is 3.21. The van der Waals surface area contributed by atoms with E-state index in [0.29, 0.717) is 6.04 Å². The topological polar surface area (TPSA) is 12.0 Å². The van der Waals surface area contributed by atoms with Crippen molar-refractivity contribution < 1.29 is 0 Å². The Morgan fingerprint density at radius 3 is 3.00 bits per heavy atom. The summed E-state index contributed by atoms with van der Waals surface area (Å²) < 4.78 is 0. The molecule has 2 heteroatoms. The lowest BCUT2D eigenvalue weighted by Crippen LogP contribution is -2.33. The molecule has 1 N–H and O–H groups in total. The van der Waals surface area contributed by atoms with Crippen LogP contribution in [0.2, 0.25) is 0 Å². The van der Waals surface area contributed by atoms with Gasteiger partial charge in [-0.25, -0.2) is 0 Å². The quantitative estimate of drug-likeness (QED) is 0.789. The monoisotopic (exact) mass is 229 g/mol. The molecule has 1 aliphatic heterocycles. The predicted octanol–water partition coefficient (Wildman–Crippen LogP) is 3.45. The van der Waals surface area contributed by atoms with Crippen molar-refractivity contribution in [3.8, 4) is 10.4 Å². The summed E-state index contributed by atoms with van der Waals surface area (Å²) in [7, 11) is 0. The molecule has 0 amide bonds. The van der Waals surface area contributed by atoms with Gasteiger partial charge in [-0.3, -0.25) is 0 Å². The first-order valence-electron chi connectivity index (χ1n) is 5.72. The molecule has 0 fully saturated rings. The van der Waals surface area contributed by atoms with Crippen LogP contribution in [0, 0.1) is 0 Å². The highest BCUT2D eigenvalue weighted by Crippen LogP contribution is 2.32. The fraction of sp³-hybridized carbons (Fsp3) is 0.286. The normalized spacial score (nSPS) is 19.4. The Morgan fingerprint density at radius 1 is 1.25 bits per heavy atom. The van der Waals surface area contributed by atoms with E-state index in [1.807, 2.05) is 11.3 Å². The molecule has 0 saturated carbocycles. The van der Waals surface area contributed by atoms with Crippen molar-refractivity contribution in [2.45, 2.75) is 25.9 Å². The van der Waals surface area contributed by atoms with Crippen LogP contribution in [0.25, 0.3) is 10.4 Å². The standard InChI is InChI=1S/C14H15NS/c1-10-8-13-11(9-15-10)4-2-5-12(13)14-6-3-7-16-14/h2-7,10,15H,8-9H2,1H3. The van der Waals surface area contributed by atoms with Crippen molar-refractivity contribution in [1.82, 2.24) is 5.32 Å². The van der Waals surface area contributed by atoms with Crippen molar-refractivity contribution in [3.63, 3.8) is 0 Å². The van der Waals surface area contributed by atoms with E-state index in [1.165, 1.54) is 21.6 Å². The van der Waals surface area contributed by atoms with Crippen molar-refractivity contribution in [2.24, 2.45) is 0 Å². The largest absolute Gasteiger partial charge is 0.310 e. The highest BCUT2D eigenvalue weighted by Gasteiger charge is 2.17. The summed E-state index contributed by atoms with van der Waals surface area (Å²) in [4.78, 5) is 1.39. The van der Waals surface area contributed by atoms with Gasteiger partial charge < -0.3 is 5.32 Å². The van der Waals surface area contributed by atoms with Gasteiger partial charge in [0, 0.05) is 17.5 Å². The minimum Gasteiger partial charge on any atom is -0.310 e. The van der Waals surface area contributed by atoms with Crippen LogP contribution in [0.1, 0.15) is 18.1 Å². The summed E-state index contributed by atoms with van der Waals surface area (Å²) in [5.41, 5.74) is 4.43. The van der Waals surface area contributed by atoms with Crippen LogP contribution < -0.4 is 5.32 Å². The molecule has 1 atom stereocenters. The lowest BCUT2D eigenvalue weighted by atomic mass is 9.91. The zero-order valence-electron chi connectivity index (χ0n) is 9.36. The first-order chi connectivity index (χ1) is 7.84. The minimum atomic E-state index is 0.591. The lowest BCUT2D eigenvalue weighted by molar-refractivity contribution is 0.514. The van der Waals surface area contributed by atoms with E-state index in [-0.39, 0.29) is 0 Å². The van der Waals surface area contributed by atoms with Crippen LogP contribution in [0.3, 0.4) is 0 Å². The van der Waals surface area contributed by atoms with Gasteiger partial charge in [0.1, 0.15) is 0 Å². The van der Waals surface area contributed by atoms with Crippen LogP contribution >= 0.6 is 11.3 Å². The molecule has 3 rings (SSSR count). The fourth-order valence-electron chi connectivity index (χ4n) is 2.37. The maximum atomic E-state index is 3.51. The smallest absolute Gasteiger partial charge is 0.0345 e. The number of thiophene rings is 1. The summed E-state index contributed by atoms with van der Waals surface area (Å²) in [6, 6.07) is 11.6. The van der Waals surface area contributed by atoms with Gasteiger partial charge in [-0.15, -0.1) is 11.3 Å². The number of nitrogens with one attached hydrogen (secondary N) is 1. The maximum absolute atomic E-state index is 3.51. The van der Waals surface area contributed by atoms with Crippen LogP contribution in [0.5, 0.6) is 0 Å². The average molecular weight is 229 g/mol. The molecule has 0 spiro atoms. The van der Waals surface area contributed by atoms with E-state index in [4.69, 9.17) is 0 Å². The molecule has 0 bridgehead atoms. The van der Waals surface area contributed by atoms with E-state index in [1.54, 1.807) is 0 Å². The molecular weight excluding hydrogens is 214 g/mol. The molecule has 82 valence electrons. The molecule has 1 aromatic heterocycles. The highest BCUT2D eigenvalue weighted by molar-refractivity contribution is 7.13. The molecule has 0 radical (unpaired) electrons. The first-order valence-corrected chi connectivity index (χ1v) is 6.60. The Morgan fingerprint density at radius 2 is 2.19 bits per heavy atom. The van der Waals surface area contributed by atoms with Gasteiger partial charge in [-0.2, -0.15) is 0 Å². The second-order valence-electron chi connectivity index (χ2n) is 4.41. The van der Waals surface area contributed by atoms with Crippen LogP contribution in [0.15, 0.2) is 35.7 Å². The number of hydrogen-bond acceptors (Lipinski definition) is 2. The van der Waals surface area contributed by atoms with Gasteiger partial charge in [-0.05, 0) is 41.5 Å². The summed E-state index contributed by atoms with van der Waals surface area (Å²) in [5.74, 6) is 0. The summed E-state index contributed by atoms with van der Waals surface area (Å²) in [6.07, 6.45) is 1.14. The number of benzene rings is 1. The first kappa shape index (κ1) is 10.1. The van der Waals surface area contributed by atoms with E-state index in [2.05, 4.69) is 48.0 Å². The summed E-state index contributed by atoms with van der Waals surface area (Å²) in [5, 5.41) is 5.67. The molecule has 2 heterocycles. The lowest BCUT2D eigenvalue weighted by Gasteiger charge is -2.25. The third-order valence-corrected chi connectivity index (χ3v) is 4.11. The van der Waals surface area contributed by atoms with Gasteiger partial charge >= 0.3 is 0 Å². The molecule has 0 aliphatic carbocycles. The molecule has 0 saturated heterocycles. The Balaban J connectivity index is 2.13. The van der Waals surface area contributed by atoms with Gasteiger partial charge in [0.15, 0.2) is 0 Å². The number of fused-ring (bicyclic) bond motifs is 1. The highest BCUT2D eigenvalue weighted by atomic mass is 32.1. The zero-order valence-corrected chi connectivity index (χ0v) is 10.2.